The highest BCUT2D eigenvalue weighted by Gasteiger charge is 2.16. The molecule has 1 amide bonds. The SMILES string of the molecule is N#C/C(=C\c1cccc(OC(=O)c2cccc(F)c2)c1)C(=O)Nc1ccc(Cl)c([N+](=O)[O-])c1. The molecule has 0 spiro atoms. The number of carbonyl (C=O) groups is 2. The van der Waals surface area contributed by atoms with Crippen molar-refractivity contribution < 1.29 is 23.6 Å². The summed E-state index contributed by atoms with van der Waals surface area (Å²) in [6.45, 7) is 0. The molecule has 3 aromatic carbocycles. The van der Waals surface area contributed by atoms with Gasteiger partial charge in [-0.15, -0.1) is 0 Å². The van der Waals surface area contributed by atoms with Crippen LogP contribution in [-0.4, -0.2) is 16.8 Å². The van der Waals surface area contributed by atoms with Crippen LogP contribution < -0.4 is 10.1 Å². The molecule has 0 radical (unpaired) electrons. The van der Waals surface area contributed by atoms with Crippen molar-refractivity contribution in [2.45, 2.75) is 0 Å². The van der Waals surface area contributed by atoms with E-state index in [1.54, 1.807) is 12.1 Å². The van der Waals surface area contributed by atoms with E-state index in [1.807, 2.05) is 0 Å². The maximum atomic E-state index is 13.3. The van der Waals surface area contributed by atoms with Crippen LogP contribution in [0.1, 0.15) is 15.9 Å². The Hall–Kier alpha value is -4.55. The van der Waals surface area contributed by atoms with Gasteiger partial charge in [0.1, 0.15) is 28.2 Å². The van der Waals surface area contributed by atoms with Crippen LogP contribution in [0, 0.1) is 27.3 Å². The number of nitrogens with one attached hydrogen (secondary N) is 1. The number of nitro groups is 1. The fraction of sp³-hybridized carbons (Fsp3) is 0. The van der Waals surface area contributed by atoms with Crippen molar-refractivity contribution in [3.05, 3.63) is 104 Å². The van der Waals surface area contributed by atoms with E-state index in [1.165, 1.54) is 54.6 Å². The second kappa shape index (κ2) is 10.2. The van der Waals surface area contributed by atoms with Crippen molar-refractivity contribution in [2.24, 2.45) is 0 Å². The second-order valence-electron chi connectivity index (χ2n) is 6.52. The molecular formula is C23H13ClFN3O5. The maximum Gasteiger partial charge on any atom is 0.343 e. The minimum atomic E-state index is -0.809. The molecule has 1 N–H and O–H groups in total. The molecule has 0 aromatic heterocycles. The zero-order valence-electron chi connectivity index (χ0n) is 16.6. The molecule has 10 heteroatoms. The van der Waals surface area contributed by atoms with Crippen molar-refractivity contribution in [3.63, 3.8) is 0 Å². The lowest BCUT2D eigenvalue weighted by Gasteiger charge is -2.07. The Labute approximate surface area is 191 Å². The third-order valence-corrected chi connectivity index (χ3v) is 4.53. The quantitative estimate of drug-likeness (QED) is 0.134. The van der Waals surface area contributed by atoms with Crippen molar-refractivity contribution >= 4 is 40.9 Å². The van der Waals surface area contributed by atoms with E-state index in [4.69, 9.17) is 16.3 Å². The molecule has 0 unspecified atom stereocenters. The Bertz CT molecular complexity index is 1330. The van der Waals surface area contributed by atoms with Crippen molar-refractivity contribution in [1.82, 2.24) is 0 Å². The first-order valence-electron chi connectivity index (χ1n) is 9.21. The molecule has 0 fully saturated rings. The van der Waals surface area contributed by atoms with Gasteiger partial charge < -0.3 is 10.1 Å². The van der Waals surface area contributed by atoms with Crippen LogP contribution in [0.15, 0.2) is 72.3 Å². The van der Waals surface area contributed by atoms with Crippen molar-refractivity contribution in [1.29, 1.82) is 5.26 Å². The summed E-state index contributed by atoms with van der Waals surface area (Å²) in [6.07, 6.45) is 1.25. The predicted octanol–water partition coefficient (Wildman–Crippen LogP) is 5.15. The van der Waals surface area contributed by atoms with Gasteiger partial charge in [-0.05, 0) is 54.1 Å². The number of hydrogen-bond acceptors (Lipinski definition) is 6. The van der Waals surface area contributed by atoms with Gasteiger partial charge in [-0.3, -0.25) is 14.9 Å². The summed E-state index contributed by atoms with van der Waals surface area (Å²) in [6, 6.07) is 16.4. The fourth-order valence-electron chi connectivity index (χ4n) is 2.69. The zero-order chi connectivity index (χ0) is 24.0. The smallest absolute Gasteiger partial charge is 0.343 e. The topological polar surface area (TPSA) is 122 Å². The molecule has 3 rings (SSSR count). The Balaban J connectivity index is 1.78. The average Bonchev–Trinajstić information content (AvgIpc) is 2.78. The fourth-order valence-corrected chi connectivity index (χ4v) is 2.88. The number of carbonyl (C=O) groups excluding carboxylic acids is 2. The number of ether oxygens (including phenoxy) is 1. The summed E-state index contributed by atoms with van der Waals surface area (Å²) < 4.78 is 18.5. The first-order chi connectivity index (χ1) is 15.8. The van der Waals surface area contributed by atoms with E-state index in [9.17, 15) is 29.4 Å². The number of hydrogen-bond donors (Lipinski definition) is 1. The average molecular weight is 466 g/mol. The molecule has 0 atom stereocenters. The lowest BCUT2D eigenvalue weighted by Crippen LogP contribution is -2.13. The number of benzene rings is 3. The largest absolute Gasteiger partial charge is 0.423 e. The van der Waals surface area contributed by atoms with Gasteiger partial charge in [0.05, 0.1) is 10.5 Å². The highest BCUT2D eigenvalue weighted by molar-refractivity contribution is 6.32. The Morgan fingerprint density at radius 1 is 1.12 bits per heavy atom. The molecule has 0 bridgehead atoms. The molecule has 0 aliphatic carbocycles. The highest BCUT2D eigenvalue weighted by atomic mass is 35.5. The molecule has 3 aromatic rings. The molecule has 164 valence electrons. The first kappa shape index (κ1) is 23.1. The lowest BCUT2D eigenvalue weighted by atomic mass is 10.1. The standard InChI is InChI=1S/C23H13ClFN3O5/c24-20-8-7-18(12-21(20)28(31)32)27-22(29)16(13-26)9-14-3-1-6-19(10-14)33-23(30)15-4-2-5-17(25)11-15/h1-12H,(H,27,29)/b16-9+. The monoisotopic (exact) mass is 465 g/mol. The van der Waals surface area contributed by atoms with Crippen LogP contribution in [0.4, 0.5) is 15.8 Å². The second-order valence-corrected chi connectivity index (χ2v) is 6.93. The van der Waals surface area contributed by atoms with Crippen LogP contribution in [-0.2, 0) is 4.79 Å². The van der Waals surface area contributed by atoms with E-state index in [2.05, 4.69) is 5.32 Å². The Kier molecular flexibility index (Phi) is 7.13. The molecule has 0 saturated heterocycles. The van der Waals surface area contributed by atoms with Gasteiger partial charge in [-0.2, -0.15) is 5.26 Å². The number of nitrogens with zero attached hydrogens (tertiary/aromatic N) is 2. The molecule has 0 heterocycles. The zero-order valence-corrected chi connectivity index (χ0v) is 17.4. The molecule has 0 saturated carbocycles. The van der Waals surface area contributed by atoms with Gasteiger partial charge in [-0.25, -0.2) is 9.18 Å². The van der Waals surface area contributed by atoms with Gasteiger partial charge in [0.2, 0.25) is 0 Å². The Morgan fingerprint density at radius 2 is 1.88 bits per heavy atom. The van der Waals surface area contributed by atoms with E-state index < -0.39 is 28.3 Å². The van der Waals surface area contributed by atoms with Crippen LogP contribution in [0.5, 0.6) is 5.75 Å². The van der Waals surface area contributed by atoms with Crippen LogP contribution in [0.25, 0.3) is 6.08 Å². The summed E-state index contributed by atoms with van der Waals surface area (Å²) >= 11 is 5.75. The molecule has 33 heavy (non-hydrogen) atoms. The van der Waals surface area contributed by atoms with Gasteiger partial charge in [-0.1, -0.05) is 29.8 Å². The van der Waals surface area contributed by atoms with Crippen molar-refractivity contribution in [3.8, 4) is 11.8 Å². The summed E-state index contributed by atoms with van der Waals surface area (Å²) in [5.41, 5.74) is -0.237. The van der Waals surface area contributed by atoms with E-state index in [0.29, 0.717) is 5.56 Å². The normalized spacial score (nSPS) is 10.8. The number of nitro benzene ring substituents is 1. The van der Waals surface area contributed by atoms with Crippen LogP contribution in [0.2, 0.25) is 5.02 Å². The van der Waals surface area contributed by atoms with Gasteiger partial charge in [0.15, 0.2) is 0 Å². The Morgan fingerprint density at radius 3 is 2.58 bits per heavy atom. The number of amides is 1. The van der Waals surface area contributed by atoms with Crippen molar-refractivity contribution in [2.75, 3.05) is 5.32 Å². The molecule has 0 aliphatic rings. The van der Waals surface area contributed by atoms with E-state index >= 15 is 0 Å². The third kappa shape index (κ3) is 6.00. The minimum absolute atomic E-state index is 0.0186. The van der Waals surface area contributed by atoms with Crippen LogP contribution >= 0.6 is 11.6 Å². The number of rotatable bonds is 6. The predicted molar refractivity (Wildman–Crippen MR) is 118 cm³/mol. The van der Waals surface area contributed by atoms with Gasteiger partial charge >= 0.3 is 5.97 Å². The maximum absolute atomic E-state index is 13.3. The van der Waals surface area contributed by atoms with Crippen LogP contribution in [0.3, 0.4) is 0 Å². The molecular weight excluding hydrogens is 453 g/mol. The summed E-state index contributed by atoms with van der Waals surface area (Å²) in [4.78, 5) is 35.0. The number of anilines is 1. The molecule has 0 aliphatic heterocycles. The van der Waals surface area contributed by atoms with Gasteiger partial charge in [0.25, 0.3) is 11.6 Å². The van der Waals surface area contributed by atoms with E-state index in [-0.39, 0.29) is 27.6 Å². The summed E-state index contributed by atoms with van der Waals surface area (Å²) in [5.74, 6) is -2.06. The lowest BCUT2D eigenvalue weighted by molar-refractivity contribution is -0.384. The third-order valence-electron chi connectivity index (χ3n) is 4.21. The summed E-state index contributed by atoms with van der Waals surface area (Å²) in [5, 5.41) is 22.7. The summed E-state index contributed by atoms with van der Waals surface area (Å²) in [7, 11) is 0. The number of esters is 1. The first-order valence-corrected chi connectivity index (χ1v) is 9.59. The number of halogens is 2. The van der Waals surface area contributed by atoms with Gasteiger partial charge in [0, 0.05) is 11.8 Å². The van der Waals surface area contributed by atoms with E-state index in [0.717, 1.165) is 12.1 Å². The minimum Gasteiger partial charge on any atom is -0.423 e. The highest BCUT2D eigenvalue weighted by Crippen LogP contribution is 2.27. The number of nitriles is 1. The molecule has 8 nitrogen and oxygen atoms in total.